The van der Waals surface area contributed by atoms with Crippen LogP contribution in [-0.2, 0) is 0 Å². The van der Waals surface area contributed by atoms with Gasteiger partial charge in [0, 0.05) is 0 Å². The SMILES string of the molecule is CCCCCCCCCCCCCCCCCCCCCC[P+]([O-])=C(O)C[N+](C)(C)C. The summed E-state index contributed by atoms with van der Waals surface area (Å²) in [6.45, 7) is 2.78. The van der Waals surface area contributed by atoms with E-state index in [2.05, 4.69) is 6.92 Å². The molecule has 0 saturated heterocycles. The summed E-state index contributed by atoms with van der Waals surface area (Å²) in [5.41, 5.74) is 0.195. The number of rotatable bonds is 23. The van der Waals surface area contributed by atoms with Crippen LogP contribution in [0.15, 0.2) is 0 Å². The first-order chi connectivity index (χ1) is 14.9. The molecule has 0 amide bonds. The highest BCUT2D eigenvalue weighted by molar-refractivity contribution is 7.51. The zero-order valence-corrected chi connectivity index (χ0v) is 22.7. The first-order valence-electron chi connectivity index (χ1n) is 13.7. The molecular weight excluding hydrogens is 401 g/mol. The highest BCUT2D eigenvalue weighted by atomic mass is 31.1. The van der Waals surface area contributed by atoms with Gasteiger partial charge in [0.15, 0.2) is 6.54 Å². The van der Waals surface area contributed by atoms with Crippen molar-refractivity contribution in [1.82, 2.24) is 0 Å². The molecule has 0 saturated carbocycles. The highest BCUT2D eigenvalue weighted by Gasteiger charge is 2.16. The van der Waals surface area contributed by atoms with E-state index in [1.54, 1.807) is 0 Å². The van der Waals surface area contributed by atoms with Crippen molar-refractivity contribution in [2.45, 2.75) is 135 Å². The lowest BCUT2D eigenvalue weighted by atomic mass is 10.0. The lowest BCUT2D eigenvalue weighted by Gasteiger charge is -2.22. The van der Waals surface area contributed by atoms with Crippen LogP contribution in [0.25, 0.3) is 0 Å². The van der Waals surface area contributed by atoms with Crippen LogP contribution in [-0.4, -0.2) is 48.9 Å². The van der Waals surface area contributed by atoms with Gasteiger partial charge in [-0.1, -0.05) is 122 Å². The molecule has 3 nitrogen and oxygen atoms in total. The van der Waals surface area contributed by atoms with Crippen LogP contribution < -0.4 is 4.89 Å². The third kappa shape index (κ3) is 24.5. The Morgan fingerprint density at radius 1 is 0.581 bits per heavy atom. The third-order valence-electron chi connectivity index (χ3n) is 6.12. The number of nitrogens with zero attached hydrogens (tertiary/aromatic N) is 1. The van der Waals surface area contributed by atoms with Crippen molar-refractivity contribution >= 4 is 13.3 Å². The second-order valence-electron chi connectivity index (χ2n) is 10.7. The zero-order valence-electron chi connectivity index (χ0n) is 21.8. The summed E-state index contributed by atoms with van der Waals surface area (Å²) in [6.07, 6.45) is 28.1. The summed E-state index contributed by atoms with van der Waals surface area (Å²) in [5, 5.41) is 9.93. The smallest absolute Gasteiger partial charge is 0.273 e. The van der Waals surface area contributed by atoms with E-state index in [0.29, 0.717) is 17.2 Å². The Morgan fingerprint density at radius 3 is 1.16 bits per heavy atom. The fourth-order valence-corrected chi connectivity index (χ4v) is 5.49. The fraction of sp³-hybridized carbons (Fsp3) is 0.963. The van der Waals surface area contributed by atoms with Gasteiger partial charge in [0.2, 0.25) is 0 Å². The van der Waals surface area contributed by atoms with Gasteiger partial charge in [0.05, 0.1) is 28.9 Å². The second-order valence-corrected chi connectivity index (χ2v) is 12.4. The van der Waals surface area contributed by atoms with Crippen LogP contribution in [0.3, 0.4) is 0 Å². The Labute approximate surface area is 197 Å². The Kier molecular flexibility index (Phi) is 21.9. The summed E-state index contributed by atoms with van der Waals surface area (Å²) < 4.78 is 0.631. The number of likely N-dealkylation sites (N-methyl/N-ethyl adjacent to an activating group) is 1. The molecule has 186 valence electrons. The van der Waals surface area contributed by atoms with E-state index in [4.69, 9.17) is 0 Å². The maximum absolute atomic E-state index is 12.1. The summed E-state index contributed by atoms with van der Waals surface area (Å²) in [5.74, 6) is 0. The predicted octanol–water partition coefficient (Wildman–Crippen LogP) is 7.77. The molecule has 0 aromatic rings. The van der Waals surface area contributed by atoms with E-state index < -0.39 is 7.77 Å². The Bertz CT molecular complexity index is 418. The van der Waals surface area contributed by atoms with Gasteiger partial charge in [-0.2, -0.15) is 0 Å². The number of hydrogen-bond acceptors (Lipinski definition) is 1. The van der Waals surface area contributed by atoms with Crippen LogP contribution in [0.5, 0.6) is 0 Å². The molecule has 1 N–H and O–H groups in total. The minimum Gasteiger partial charge on any atom is -0.629 e. The molecule has 31 heavy (non-hydrogen) atoms. The van der Waals surface area contributed by atoms with Gasteiger partial charge < -0.3 is 14.5 Å². The average Bonchev–Trinajstić information content (AvgIpc) is 2.71. The summed E-state index contributed by atoms with van der Waals surface area (Å²) in [7, 11) is 4.49. The van der Waals surface area contributed by atoms with Crippen molar-refractivity contribution in [2.24, 2.45) is 0 Å². The second kappa shape index (κ2) is 21.9. The molecule has 0 aliphatic heterocycles. The monoisotopic (exact) mass is 458 g/mol. The van der Waals surface area contributed by atoms with Gasteiger partial charge in [0.1, 0.15) is 6.16 Å². The third-order valence-corrected chi connectivity index (χ3v) is 7.56. The van der Waals surface area contributed by atoms with Crippen molar-refractivity contribution in [3.63, 3.8) is 0 Å². The van der Waals surface area contributed by atoms with Crippen molar-refractivity contribution < 1.29 is 14.5 Å². The summed E-state index contributed by atoms with van der Waals surface area (Å²) >= 11 is 0. The van der Waals surface area contributed by atoms with Gasteiger partial charge in [-0.05, 0) is 12.8 Å². The number of unbranched alkanes of at least 4 members (excludes halogenated alkanes) is 19. The summed E-state index contributed by atoms with van der Waals surface area (Å²) in [6, 6.07) is 0. The van der Waals surface area contributed by atoms with E-state index in [9.17, 15) is 10.00 Å². The molecule has 0 aliphatic rings. The standard InChI is InChI=1S/C27H56NO2P/c1-5-6-7-8-9-10-11-12-13-14-15-16-17-18-19-20-21-22-23-24-25-31(30)27(29)26-28(2,3)4/h5-26H2,1-4H3/p+1. The van der Waals surface area contributed by atoms with Crippen LogP contribution in [0, 0.1) is 0 Å². The van der Waals surface area contributed by atoms with Crippen LogP contribution in [0.2, 0.25) is 0 Å². The van der Waals surface area contributed by atoms with Crippen molar-refractivity contribution in [2.75, 3.05) is 33.8 Å². The van der Waals surface area contributed by atoms with E-state index in [0.717, 1.165) is 12.8 Å². The van der Waals surface area contributed by atoms with Gasteiger partial charge in [-0.15, -0.1) is 0 Å². The van der Waals surface area contributed by atoms with Crippen LogP contribution >= 0.6 is 7.77 Å². The normalized spacial score (nSPS) is 13.0. The Hall–Kier alpha value is 0.0500. The molecule has 0 bridgehead atoms. The zero-order chi connectivity index (χ0) is 23.2. The lowest BCUT2D eigenvalue weighted by Crippen LogP contribution is -2.39. The molecule has 0 radical (unpaired) electrons. The summed E-state index contributed by atoms with van der Waals surface area (Å²) in [4.78, 5) is 12.1. The molecule has 0 aliphatic carbocycles. The predicted molar refractivity (Wildman–Crippen MR) is 140 cm³/mol. The van der Waals surface area contributed by atoms with Gasteiger partial charge >= 0.3 is 0 Å². The number of aliphatic hydroxyl groups is 1. The Balaban J connectivity index is 3.26. The van der Waals surface area contributed by atoms with E-state index in [1.165, 1.54) is 116 Å². The molecule has 0 rings (SSSR count). The number of quaternary nitrogens is 1. The minimum absolute atomic E-state index is 0.195. The molecule has 0 aromatic heterocycles. The fourth-order valence-electron chi connectivity index (χ4n) is 4.14. The van der Waals surface area contributed by atoms with Crippen LogP contribution in [0.1, 0.15) is 135 Å². The van der Waals surface area contributed by atoms with Crippen molar-refractivity contribution in [1.29, 1.82) is 0 Å². The minimum atomic E-state index is -1.55. The maximum atomic E-state index is 12.1. The van der Waals surface area contributed by atoms with Gasteiger partial charge in [-0.25, -0.2) is 0 Å². The molecule has 0 fully saturated rings. The van der Waals surface area contributed by atoms with E-state index in [-0.39, 0.29) is 5.48 Å². The molecule has 4 heteroatoms. The maximum Gasteiger partial charge on any atom is 0.273 e. The molecule has 1 unspecified atom stereocenters. The molecule has 0 aromatic carbocycles. The van der Waals surface area contributed by atoms with Crippen molar-refractivity contribution in [3.8, 4) is 0 Å². The molecule has 0 spiro atoms. The molecule has 0 heterocycles. The number of aliphatic hydroxyl groups excluding tert-OH is 1. The van der Waals surface area contributed by atoms with Gasteiger partial charge in [0.25, 0.3) is 5.48 Å². The first-order valence-corrected chi connectivity index (χ1v) is 15.1. The molecular formula is C27H57NO2P+. The number of hydrogen-bond donors (Lipinski definition) is 1. The van der Waals surface area contributed by atoms with E-state index in [1.807, 2.05) is 21.1 Å². The van der Waals surface area contributed by atoms with Gasteiger partial charge in [-0.3, -0.25) is 0 Å². The molecule has 1 atom stereocenters. The average molecular weight is 459 g/mol. The Morgan fingerprint density at radius 2 is 0.871 bits per heavy atom. The topological polar surface area (TPSA) is 43.3 Å². The van der Waals surface area contributed by atoms with Crippen molar-refractivity contribution in [3.05, 3.63) is 0 Å². The quantitative estimate of drug-likeness (QED) is 0.0965. The van der Waals surface area contributed by atoms with E-state index >= 15 is 0 Å². The lowest BCUT2D eigenvalue weighted by molar-refractivity contribution is -0.861. The van der Waals surface area contributed by atoms with Crippen LogP contribution in [0.4, 0.5) is 0 Å². The highest BCUT2D eigenvalue weighted by Crippen LogP contribution is 2.19. The largest absolute Gasteiger partial charge is 0.629 e. The first kappa shape index (κ1) is 31.0.